The van der Waals surface area contributed by atoms with Gasteiger partial charge in [-0.1, -0.05) is 0 Å². The maximum absolute atomic E-state index is 12.6. The zero-order valence-electron chi connectivity index (χ0n) is 14.0. The molecule has 3 unspecified atom stereocenters. The van der Waals surface area contributed by atoms with E-state index in [0.29, 0.717) is 13.1 Å². The molecule has 3 atom stereocenters. The van der Waals surface area contributed by atoms with Gasteiger partial charge in [0.2, 0.25) is 0 Å². The van der Waals surface area contributed by atoms with Crippen LogP contribution in [-0.2, 0) is 11.3 Å². The van der Waals surface area contributed by atoms with Crippen LogP contribution in [0.1, 0.15) is 31.9 Å². The summed E-state index contributed by atoms with van der Waals surface area (Å²) in [5.41, 5.74) is 1.14. The van der Waals surface area contributed by atoms with Crippen molar-refractivity contribution in [3.63, 3.8) is 0 Å². The van der Waals surface area contributed by atoms with Crippen LogP contribution in [0.2, 0.25) is 0 Å². The molecule has 0 saturated carbocycles. The summed E-state index contributed by atoms with van der Waals surface area (Å²) in [5.74, 6) is 0. The Balaban J connectivity index is 1.51. The first-order chi connectivity index (χ1) is 11.6. The van der Waals surface area contributed by atoms with Crippen LogP contribution in [0.4, 0.5) is 4.79 Å². The second kappa shape index (κ2) is 7.76. The van der Waals surface area contributed by atoms with Crippen molar-refractivity contribution in [1.82, 2.24) is 25.0 Å². The van der Waals surface area contributed by atoms with Crippen LogP contribution >= 0.6 is 11.3 Å². The molecule has 0 aromatic carbocycles. The summed E-state index contributed by atoms with van der Waals surface area (Å²) in [6.07, 6.45) is 3.99. The van der Waals surface area contributed by atoms with Gasteiger partial charge in [0.25, 0.3) is 0 Å². The number of ether oxygens (including phenoxy) is 1. The van der Waals surface area contributed by atoms with Gasteiger partial charge in [-0.15, -0.1) is 0 Å². The molecule has 1 aliphatic heterocycles. The van der Waals surface area contributed by atoms with Gasteiger partial charge in [-0.25, -0.2) is 9.78 Å². The van der Waals surface area contributed by atoms with E-state index in [9.17, 15) is 4.79 Å². The molecule has 0 aliphatic carbocycles. The standard InChI is InChI=1S/C16H23N5O2S/c1-12(3-5-21-11-17-10-18-21)19-16(22)20-7-13(2)23-15(8-20)14-4-6-24-9-14/h4,6,9-13,15H,3,5,7-8H2,1-2H3,(H,19,22). The van der Waals surface area contributed by atoms with Gasteiger partial charge in [-0.3, -0.25) is 4.68 Å². The van der Waals surface area contributed by atoms with Crippen LogP contribution in [0.3, 0.4) is 0 Å². The van der Waals surface area contributed by atoms with E-state index in [1.807, 2.05) is 24.1 Å². The number of aromatic nitrogens is 3. The number of urea groups is 1. The fourth-order valence-electron chi connectivity index (χ4n) is 2.81. The first-order valence-electron chi connectivity index (χ1n) is 8.17. The lowest BCUT2D eigenvalue weighted by Gasteiger charge is -2.37. The smallest absolute Gasteiger partial charge is 0.317 e. The second-order valence-electron chi connectivity index (χ2n) is 6.19. The predicted octanol–water partition coefficient (Wildman–Crippen LogP) is 2.29. The minimum absolute atomic E-state index is 0.0276. The molecule has 7 nitrogen and oxygen atoms in total. The molecule has 0 spiro atoms. The molecule has 2 aromatic rings. The molecular formula is C16H23N5O2S. The molecule has 2 amide bonds. The Morgan fingerprint density at radius 2 is 2.42 bits per heavy atom. The Morgan fingerprint density at radius 3 is 3.12 bits per heavy atom. The summed E-state index contributed by atoms with van der Waals surface area (Å²) < 4.78 is 7.75. The van der Waals surface area contributed by atoms with E-state index in [0.717, 1.165) is 18.5 Å². The van der Waals surface area contributed by atoms with E-state index in [1.54, 1.807) is 22.3 Å². The predicted molar refractivity (Wildman–Crippen MR) is 91.8 cm³/mol. The van der Waals surface area contributed by atoms with Gasteiger partial charge in [0, 0.05) is 19.1 Å². The first kappa shape index (κ1) is 16.9. The normalized spacial score (nSPS) is 22.3. The monoisotopic (exact) mass is 349 g/mol. The van der Waals surface area contributed by atoms with Crippen LogP contribution in [0.15, 0.2) is 29.5 Å². The highest BCUT2D eigenvalue weighted by atomic mass is 32.1. The van der Waals surface area contributed by atoms with Crippen molar-refractivity contribution in [2.75, 3.05) is 13.1 Å². The Hall–Kier alpha value is -1.93. The molecular weight excluding hydrogens is 326 g/mol. The molecule has 1 aliphatic rings. The average Bonchev–Trinajstić information content (AvgIpc) is 3.25. The van der Waals surface area contributed by atoms with Gasteiger partial charge in [-0.05, 0) is 42.7 Å². The van der Waals surface area contributed by atoms with E-state index < -0.39 is 0 Å². The third-order valence-corrected chi connectivity index (χ3v) is 4.79. The lowest BCUT2D eigenvalue weighted by atomic mass is 10.1. The van der Waals surface area contributed by atoms with Crippen LogP contribution in [0, 0.1) is 0 Å². The number of aryl methyl sites for hydroxylation is 1. The van der Waals surface area contributed by atoms with Crippen molar-refractivity contribution in [3.8, 4) is 0 Å². The maximum atomic E-state index is 12.6. The van der Waals surface area contributed by atoms with E-state index in [-0.39, 0.29) is 24.3 Å². The molecule has 130 valence electrons. The van der Waals surface area contributed by atoms with Crippen molar-refractivity contribution in [1.29, 1.82) is 0 Å². The van der Waals surface area contributed by atoms with Crippen molar-refractivity contribution in [2.24, 2.45) is 0 Å². The summed E-state index contributed by atoms with van der Waals surface area (Å²) >= 11 is 1.65. The molecule has 1 fully saturated rings. The highest BCUT2D eigenvalue weighted by Gasteiger charge is 2.30. The van der Waals surface area contributed by atoms with Crippen molar-refractivity contribution < 1.29 is 9.53 Å². The van der Waals surface area contributed by atoms with Gasteiger partial charge in [0.15, 0.2) is 0 Å². The zero-order chi connectivity index (χ0) is 16.9. The fourth-order valence-corrected chi connectivity index (χ4v) is 3.51. The van der Waals surface area contributed by atoms with Crippen molar-refractivity contribution in [2.45, 2.75) is 45.1 Å². The van der Waals surface area contributed by atoms with E-state index in [2.05, 4.69) is 26.8 Å². The van der Waals surface area contributed by atoms with Gasteiger partial charge >= 0.3 is 6.03 Å². The van der Waals surface area contributed by atoms with Crippen LogP contribution < -0.4 is 5.32 Å². The fraction of sp³-hybridized carbons (Fsp3) is 0.562. The molecule has 1 saturated heterocycles. The summed E-state index contributed by atoms with van der Waals surface area (Å²) in [5, 5.41) is 11.3. The van der Waals surface area contributed by atoms with Crippen molar-refractivity contribution in [3.05, 3.63) is 35.0 Å². The molecule has 0 radical (unpaired) electrons. The second-order valence-corrected chi connectivity index (χ2v) is 6.97. The highest BCUT2D eigenvalue weighted by Crippen LogP contribution is 2.26. The minimum Gasteiger partial charge on any atom is -0.367 e. The van der Waals surface area contributed by atoms with Crippen LogP contribution in [0.5, 0.6) is 0 Å². The third kappa shape index (κ3) is 4.33. The quantitative estimate of drug-likeness (QED) is 0.899. The number of amides is 2. The number of thiophene rings is 1. The minimum atomic E-state index is -0.0452. The number of nitrogens with zero attached hydrogens (tertiary/aromatic N) is 4. The molecule has 3 rings (SSSR count). The van der Waals surface area contributed by atoms with E-state index in [4.69, 9.17) is 4.74 Å². The zero-order valence-corrected chi connectivity index (χ0v) is 14.8. The molecule has 3 heterocycles. The number of carbonyl (C=O) groups excluding carboxylic acids is 1. The molecule has 0 bridgehead atoms. The topological polar surface area (TPSA) is 72.3 Å². The van der Waals surface area contributed by atoms with Crippen molar-refractivity contribution >= 4 is 17.4 Å². The SMILES string of the molecule is CC(CCn1cncn1)NC(=O)N1CC(C)OC(c2ccsc2)C1. The molecule has 24 heavy (non-hydrogen) atoms. The Labute approximate surface area is 145 Å². The van der Waals surface area contributed by atoms with Gasteiger partial charge < -0.3 is 15.0 Å². The van der Waals surface area contributed by atoms with Crippen LogP contribution in [-0.4, -0.2) is 50.9 Å². The number of carbonyl (C=O) groups is 1. The Bertz CT molecular complexity index is 631. The summed E-state index contributed by atoms with van der Waals surface area (Å²) in [4.78, 5) is 18.3. The number of hydrogen-bond acceptors (Lipinski definition) is 5. The maximum Gasteiger partial charge on any atom is 0.317 e. The number of morpholine rings is 1. The van der Waals surface area contributed by atoms with Gasteiger partial charge in [0.1, 0.15) is 18.8 Å². The van der Waals surface area contributed by atoms with E-state index >= 15 is 0 Å². The third-order valence-electron chi connectivity index (χ3n) is 4.09. The van der Waals surface area contributed by atoms with E-state index in [1.165, 1.54) is 6.33 Å². The Kier molecular flexibility index (Phi) is 5.47. The molecule has 8 heteroatoms. The average molecular weight is 349 g/mol. The Morgan fingerprint density at radius 1 is 1.54 bits per heavy atom. The summed E-state index contributed by atoms with van der Waals surface area (Å²) in [6, 6.07) is 2.10. The largest absolute Gasteiger partial charge is 0.367 e. The number of hydrogen-bond donors (Lipinski definition) is 1. The lowest BCUT2D eigenvalue weighted by molar-refractivity contribution is -0.0657. The van der Waals surface area contributed by atoms with Gasteiger partial charge in [-0.2, -0.15) is 16.4 Å². The summed E-state index contributed by atoms with van der Waals surface area (Å²) in [6.45, 7) is 5.95. The first-order valence-corrected chi connectivity index (χ1v) is 9.11. The van der Waals surface area contributed by atoms with Gasteiger partial charge in [0.05, 0.1) is 12.6 Å². The summed E-state index contributed by atoms with van der Waals surface area (Å²) in [7, 11) is 0. The molecule has 1 N–H and O–H groups in total. The highest BCUT2D eigenvalue weighted by molar-refractivity contribution is 7.07. The molecule has 2 aromatic heterocycles. The van der Waals surface area contributed by atoms with Crippen LogP contribution in [0.25, 0.3) is 0 Å². The number of nitrogens with one attached hydrogen (secondary N) is 1. The number of rotatable bonds is 5. The lowest BCUT2D eigenvalue weighted by Crippen LogP contribution is -2.51.